The SMILES string of the molecule is CC(C)C[C@@H](NC(=O)OC(C)(C)C)C(=O)N[C@H]1C(=O)C[C@@H](CC(N)=O)C(=O)N[C@H]2C(=O)C[C@H]3C(=O)N[C@H](C(=O)N[C@H](C(=O)O)c4cc(O)cc(O)c4-c4cc3ccc4O)[C@H](O)c3ccc(c(Cl)c3)Oc3cc2cc(c3OC2OC(CO)C(O)C(O)C2O)Oc2ccc(cc2Cl)[C@H]1O. The van der Waals surface area contributed by atoms with Crippen LogP contribution in [0, 0.1) is 11.8 Å². The molecule has 11 bridgehead atoms. The number of ether oxygens (including phenoxy) is 5. The first kappa shape index (κ1) is 71.9. The van der Waals surface area contributed by atoms with Gasteiger partial charge >= 0.3 is 12.1 Å². The Balaban J connectivity index is 1.30. The Labute approximate surface area is 561 Å². The van der Waals surface area contributed by atoms with Gasteiger partial charge in [0, 0.05) is 42.0 Å². The molecule has 6 aliphatic rings. The fraction of sp³-hybridized carbons (Fsp3) is 0.400. The van der Waals surface area contributed by atoms with Crippen molar-refractivity contribution in [2.75, 3.05) is 6.61 Å². The number of aliphatic hydroxyl groups excluding tert-OH is 6. The highest BCUT2D eigenvalue weighted by Gasteiger charge is 2.47. The van der Waals surface area contributed by atoms with E-state index in [9.17, 15) is 75.0 Å². The lowest BCUT2D eigenvalue weighted by atomic mass is 9.84. The maximum Gasteiger partial charge on any atom is 0.408 e. The topological polar surface area (TPSA) is 488 Å². The molecule has 0 aromatic heterocycles. The molecule has 32 heteroatoms. The summed E-state index contributed by atoms with van der Waals surface area (Å²) in [7, 11) is 0. The van der Waals surface area contributed by atoms with E-state index in [0.717, 1.165) is 72.8 Å². The first-order valence-corrected chi connectivity index (χ1v) is 31.0. The second-order valence-electron chi connectivity index (χ2n) is 25.1. The number of carboxylic acid groups (broad SMARTS) is 1. The Kier molecular flexibility index (Phi) is 21.6. The van der Waals surface area contributed by atoms with Crippen LogP contribution in [-0.4, -0.2) is 165 Å². The van der Waals surface area contributed by atoms with Crippen LogP contribution < -0.4 is 46.5 Å². The second-order valence-corrected chi connectivity index (χ2v) is 25.9. The summed E-state index contributed by atoms with van der Waals surface area (Å²) in [4.78, 5) is 130. The van der Waals surface area contributed by atoms with Crippen molar-refractivity contribution < 1.29 is 118 Å². The number of nitrogens with two attached hydrogens (primary N) is 1. The zero-order chi connectivity index (χ0) is 71.0. The van der Waals surface area contributed by atoms with E-state index in [1.54, 1.807) is 34.6 Å². The van der Waals surface area contributed by atoms with Crippen LogP contribution >= 0.6 is 23.2 Å². The molecular weight excluding hydrogens is 1320 g/mol. The first-order valence-electron chi connectivity index (χ1n) is 30.2. The molecule has 6 amide bonds. The van der Waals surface area contributed by atoms with Gasteiger partial charge in [-0.25, -0.2) is 9.59 Å². The molecule has 0 saturated carbocycles. The number of amides is 6. The van der Waals surface area contributed by atoms with Crippen LogP contribution in [0.3, 0.4) is 0 Å². The molecule has 518 valence electrons. The minimum atomic E-state index is -2.25. The molecule has 14 atom stereocenters. The molecule has 5 aromatic rings. The van der Waals surface area contributed by atoms with E-state index in [1.165, 1.54) is 6.07 Å². The Hall–Kier alpha value is -9.37. The standard InChI is InChI=1S/C65H70Cl2N6O24/c1-24(2)12-36(69-64(92)97-65(3,4)5)60(88)72-50-39(78)16-29(19-46(68)80)58(86)70-48-28-17-43(93-41-10-7-26(52(50)81)14-34(41)66)57(96-63-56(85)55(84)54(83)45(23-74)95-63)44(18-28)94-42-11-8-27(15-35(42)67)53(82)51-61(89)71-49(62(90)91)33-20-30(75)21-38(77)47(33)32-13-25(6-9-37(32)76)31(22-40(48)79)59(87)73-51/h6-11,13-15,17-18,20-21,24,29,31,36,45,48-56,63,74-77,81-85H,12,16,19,22-23H2,1-5H3,(H2,68,80)(H,69,92)(H,70,86)(H,71,89)(H,72,88)(H,73,87)(H,90,91)/t29-,31+,36+,45?,48+,49-,50-,51-,52+,53+,54?,55?,56?,63?/m0/s1. The number of hydrogen-bond donors (Lipinski definition) is 16. The van der Waals surface area contributed by atoms with Crippen molar-refractivity contribution in [3.05, 3.63) is 117 Å². The summed E-state index contributed by atoms with van der Waals surface area (Å²) in [6, 6.07) is 3.50. The fourth-order valence-electron chi connectivity index (χ4n) is 11.6. The molecule has 1 saturated heterocycles. The van der Waals surface area contributed by atoms with E-state index >= 15 is 19.2 Å². The summed E-state index contributed by atoms with van der Waals surface area (Å²) in [5.41, 5.74) is 2.12. The van der Waals surface area contributed by atoms with E-state index in [-0.39, 0.29) is 45.6 Å². The number of halogens is 2. The van der Waals surface area contributed by atoms with Crippen molar-refractivity contribution in [1.82, 2.24) is 26.6 Å². The molecule has 6 aliphatic heterocycles. The molecule has 97 heavy (non-hydrogen) atoms. The lowest BCUT2D eigenvalue weighted by molar-refractivity contribution is -0.277. The molecule has 0 spiro atoms. The number of fused-ring (bicyclic) bond motifs is 15. The Morgan fingerprint density at radius 2 is 1.32 bits per heavy atom. The number of aromatic hydroxyl groups is 3. The van der Waals surface area contributed by atoms with Crippen LogP contribution in [0.1, 0.15) is 118 Å². The molecule has 5 unspecified atom stereocenters. The molecule has 30 nitrogen and oxygen atoms in total. The number of carbonyl (C=O) groups is 9. The summed E-state index contributed by atoms with van der Waals surface area (Å²) in [6.45, 7) is 7.21. The average molecular weight is 1390 g/mol. The number of rotatable bonds is 11. The van der Waals surface area contributed by atoms with E-state index in [2.05, 4.69) is 26.6 Å². The highest BCUT2D eigenvalue weighted by molar-refractivity contribution is 6.32. The Morgan fingerprint density at radius 1 is 0.701 bits per heavy atom. The molecule has 0 aliphatic carbocycles. The summed E-state index contributed by atoms with van der Waals surface area (Å²) in [6.07, 6.45) is -18.4. The number of phenols is 3. The van der Waals surface area contributed by atoms with Gasteiger partial charge in [-0.3, -0.25) is 33.6 Å². The number of alkyl carbamates (subject to hydrolysis) is 1. The van der Waals surface area contributed by atoms with Crippen molar-refractivity contribution in [1.29, 1.82) is 0 Å². The lowest BCUT2D eigenvalue weighted by Gasteiger charge is -2.39. The molecule has 17 N–H and O–H groups in total. The summed E-state index contributed by atoms with van der Waals surface area (Å²) in [5.74, 6) is -19.5. The lowest BCUT2D eigenvalue weighted by Crippen LogP contribution is -2.60. The first-order chi connectivity index (χ1) is 45.6. The van der Waals surface area contributed by atoms with Gasteiger partial charge in [0.05, 0.1) is 28.5 Å². The van der Waals surface area contributed by atoms with Gasteiger partial charge in [0.1, 0.15) is 95.1 Å². The molecule has 6 heterocycles. The molecule has 1 fully saturated rings. The number of nitrogens with one attached hydrogen (secondary N) is 5. The van der Waals surface area contributed by atoms with Gasteiger partial charge in [0.2, 0.25) is 41.6 Å². The van der Waals surface area contributed by atoms with Crippen molar-refractivity contribution in [3.63, 3.8) is 0 Å². The van der Waals surface area contributed by atoms with E-state index in [1.807, 2.05) is 0 Å². The predicted molar refractivity (Wildman–Crippen MR) is 336 cm³/mol. The molecule has 11 rings (SSSR count). The third kappa shape index (κ3) is 16.0. The number of phenolic OH excluding ortho intramolecular Hbond substituents is 3. The van der Waals surface area contributed by atoms with Crippen molar-refractivity contribution in [2.24, 2.45) is 17.6 Å². The number of aliphatic carboxylic acids is 1. The second kappa shape index (κ2) is 29.1. The molecule has 5 aromatic carbocycles. The van der Waals surface area contributed by atoms with Crippen LogP contribution in [0.4, 0.5) is 4.79 Å². The number of aliphatic hydroxyl groups is 6. The Morgan fingerprint density at radius 3 is 1.90 bits per heavy atom. The zero-order valence-electron chi connectivity index (χ0n) is 52.2. The van der Waals surface area contributed by atoms with Crippen molar-refractivity contribution in [3.8, 4) is 57.1 Å². The van der Waals surface area contributed by atoms with E-state index in [0.29, 0.717) is 0 Å². The van der Waals surface area contributed by atoms with Gasteiger partial charge in [-0.15, -0.1) is 0 Å². The Bertz CT molecular complexity index is 3960. The van der Waals surface area contributed by atoms with Crippen LogP contribution in [0.5, 0.6) is 46.0 Å². The van der Waals surface area contributed by atoms with Crippen molar-refractivity contribution >= 4 is 76.4 Å². The number of Topliss-reactive ketones (excluding diaryl/α,β-unsaturated/α-hetero) is 2. The number of carboxylic acids is 1. The minimum absolute atomic E-state index is 0.0547. The highest BCUT2D eigenvalue weighted by atomic mass is 35.5. The van der Waals surface area contributed by atoms with Gasteiger partial charge < -0.3 is 107 Å². The smallest absolute Gasteiger partial charge is 0.408 e. The summed E-state index contributed by atoms with van der Waals surface area (Å²) < 4.78 is 30.4. The van der Waals surface area contributed by atoms with Crippen LogP contribution in [0.15, 0.2) is 78.9 Å². The highest BCUT2D eigenvalue weighted by Crippen LogP contribution is 2.50. The number of hydrogen-bond acceptors (Lipinski definition) is 23. The third-order valence-corrected chi connectivity index (χ3v) is 16.9. The number of primary amides is 1. The van der Waals surface area contributed by atoms with Gasteiger partial charge in [-0.05, 0) is 110 Å². The fourth-order valence-corrected chi connectivity index (χ4v) is 12.0. The third-order valence-electron chi connectivity index (χ3n) is 16.3. The monoisotopic (exact) mass is 1390 g/mol. The van der Waals surface area contributed by atoms with Gasteiger partial charge in [-0.1, -0.05) is 55.2 Å². The number of ketones is 2. The van der Waals surface area contributed by atoms with Gasteiger partial charge in [-0.2, -0.15) is 0 Å². The van der Waals surface area contributed by atoms with Gasteiger partial charge in [0.15, 0.2) is 29.1 Å². The minimum Gasteiger partial charge on any atom is -0.508 e. The molecular formula is C65H70Cl2N6O24. The summed E-state index contributed by atoms with van der Waals surface area (Å²) >= 11 is 13.9. The predicted octanol–water partition coefficient (Wildman–Crippen LogP) is 3.15. The maximum absolute atomic E-state index is 16.0. The van der Waals surface area contributed by atoms with Crippen LogP contribution in [0.25, 0.3) is 11.1 Å². The number of carbonyl (C=O) groups excluding carboxylic acids is 8. The van der Waals surface area contributed by atoms with E-state index in [4.69, 9.17) is 52.6 Å². The van der Waals surface area contributed by atoms with Gasteiger partial charge in [0.25, 0.3) is 0 Å². The zero-order valence-corrected chi connectivity index (χ0v) is 53.7. The largest absolute Gasteiger partial charge is 0.508 e. The molecule has 0 radical (unpaired) electrons. The van der Waals surface area contributed by atoms with Crippen molar-refractivity contribution in [2.45, 2.75) is 145 Å². The van der Waals surface area contributed by atoms with Crippen LogP contribution in [0.2, 0.25) is 10.0 Å². The van der Waals surface area contributed by atoms with E-state index < -0.39 is 231 Å². The van der Waals surface area contributed by atoms with Crippen LogP contribution in [-0.2, 0) is 47.8 Å². The quantitative estimate of drug-likeness (QED) is 0.0903. The normalized spacial score (nSPS) is 25.6. The summed E-state index contributed by atoms with van der Waals surface area (Å²) in [5, 5.41) is 124. The maximum atomic E-state index is 16.0. The number of benzene rings is 5. The average Bonchev–Trinajstić information content (AvgIpc) is 0.771.